The van der Waals surface area contributed by atoms with Crippen LogP contribution in [0.4, 0.5) is 5.82 Å². The molecule has 0 aliphatic carbocycles. The number of ether oxygens (including phenoxy) is 1. The summed E-state index contributed by atoms with van der Waals surface area (Å²) in [5.41, 5.74) is 5.56. The van der Waals surface area contributed by atoms with Crippen LogP contribution in [0.15, 0.2) is 23.2 Å². The molecule has 1 unspecified atom stereocenters. The van der Waals surface area contributed by atoms with Gasteiger partial charge in [0.25, 0.3) is 0 Å². The summed E-state index contributed by atoms with van der Waals surface area (Å²) in [4.78, 5) is 4.02. The Balaban J connectivity index is 2.13. The fourth-order valence-corrected chi connectivity index (χ4v) is 3.81. The summed E-state index contributed by atoms with van der Waals surface area (Å²) < 4.78 is 32.2. The number of hydrogen-bond acceptors (Lipinski definition) is 5. The summed E-state index contributed by atoms with van der Waals surface area (Å²) in [6.07, 6.45) is 4.05. The quantitative estimate of drug-likeness (QED) is 0.884. The first-order valence-electron chi connectivity index (χ1n) is 6.87. The molecule has 0 spiro atoms. The highest BCUT2D eigenvalue weighted by Crippen LogP contribution is 2.22. The zero-order valence-electron chi connectivity index (χ0n) is 11.7. The molecular weight excluding hydrogens is 278 g/mol. The molecule has 1 aromatic rings. The first kappa shape index (κ1) is 15.2. The van der Waals surface area contributed by atoms with E-state index in [0.717, 1.165) is 19.3 Å². The van der Waals surface area contributed by atoms with Crippen molar-refractivity contribution in [3.8, 4) is 0 Å². The summed E-state index contributed by atoms with van der Waals surface area (Å²) >= 11 is 0. The highest BCUT2D eigenvalue weighted by Gasteiger charge is 2.30. The second-order valence-corrected chi connectivity index (χ2v) is 6.85. The molecule has 0 aromatic carbocycles. The third-order valence-corrected chi connectivity index (χ3v) is 5.15. The molecule has 1 saturated heterocycles. The lowest BCUT2D eigenvalue weighted by molar-refractivity contribution is 0.0193. The van der Waals surface area contributed by atoms with Gasteiger partial charge in [0, 0.05) is 32.0 Å². The lowest BCUT2D eigenvalue weighted by atomic mass is 10.1. The summed E-state index contributed by atoms with van der Waals surface area (Å²) in [7, 11) is -3.51. The highest BCUT2D eigenvalue weighted by molar-refractivity contribution is 7.89. The average Bonchev–Trinajstić information content (AvgIpc) is 2.45. The smallest absolute Gasteiger partial charge is 0.243 e. The van der Waals surface area contributed by atoms with E-state index in [9.17, 15) is 8.42 Å². The van der Waals surface area contributed by atoms with Gasteiger partial charge in [-0.25, -0.2) is 13.4 Å². The molecule has 1 aliphatic rings. The van der Waals surface area contributed by atoms with Crippen LogP contribution in [0.5, 0.6) is 0 Å². The van der Waals surface area contributed by atoms with Crippen LogP contribution in [0.3, 0.4) is 0 Å². The van der Waals surface area contributed by atoms with Crippen molar-refractivity contribution in [3.05, 3.63) is 18.3 Å². The van der Waals surface area contributed by atoms with Gasteiger partial charge < -0.3 is 10.5 Å². The Morgan fingerprint density at radius 3 is 3.05 bits per heavy atom. The molecule has 1 aliphatic heterocycles. The van der Waals surface area contributed by atoms with Gasteiger partial charge in [-0.3, -0.25) is 0 Å². The van der Waals surface area contributed by atoms with Crippen LogP contribution < -0.4 is 5.73 Å². The molecule has 0 amide bonds. The number of pyridine rings is 1. The minimum Gasteiger partial charge on any atom is -0.384 e. The molecule has 112 valence electrons. The largest absolute Gasteiger partial charge is 0.384 e. The van der Waals surface area contributed by atoms with Crippen LogP contribution in [0.25, 0.3) is 0 Å². The van der Waals surface area contributed by atoms with Crippen LogP contribution in [0, 0.1) is 0 Å². The monoisotopic (exact) mass is 299 g/mol. The van der Waals surface area contributed by atoms with Crippen LogP contribution in [-0.4, -0.2) is 43.5 Å². The SMILES string of the molecule is CCCOC1CCCN(S(=O)(=O)c2ccnc(N)c2)C1. The Labute approximate surface area is 120 Å². The Morgan fingerprint density at radius 1 is 1.55 bits per heavy atom. The summed E-state index contributed by atoms with van der Waals surface area (Å²) in [6.45, 7) is 3.64. The van der Waals surface area contributed by atoms with E-state index >= 15 is 0 Å². The van der Waals surface area contributed by atoms with Gasteiger partial charge in [-0.15, -0.1) is 0 Å². The zero-order valence-corrected chi connectivity index (χ0v) is 12.5. The molecule has 1 atom stereocenters. The van der Waals surface area contributed by atoms with E-state index in [2.05, 4.69) is 4.98 Å². The Bertz CT molecular complexity index is 548. The highest BCUT2D eigenvalue weighted by atomic mass is 32.2. The third kappa shape index (κ3) is 3.47. The standard InChI is InChI=1S/C13H21N3O3S/c1-2-8-19-11-4-3-7-16(10-11)20(17,18)12-5-6-15-13(14)9-12/h5-6,9,11H,2-4,7-8,10H2,1H3,(H2,14,15). The third-order valence-electron chi connectivity index (χ3n) is 3.29. The second kappa shape index (κ2) is 6.51. The molecule has 6 nitrogen and oxygen atoms in total. The fourth-order valence-electron chi connectivity index (χ4n) is 2.28. The lowest BCUT2D eigenvalue weighted by Crippen LogP contribution is -2.43. The van der Waals surface area contributed by atoms with Crippen molar-refractivity contribution in [1.29, 1.82) is 0 Å². The van der Waals surface area contributed by atoms with Gasteiger partial charge in [0.05, 0.1) is 11.0 Å². The first-order chi connectivity index (χ1) is 9.54. The molecule has 2 heterocycles. The summed E-state index contributed by atoms with van der Waals surface area (Å²) in [6, 6.07) is 2.87. The van der Waals surface area contributed by atoms with Crippen molar-refractivity contribution < 1.29 is 13.2 Å². The maximum Gasteiger partial charge on any atom is 0.243 e. The normalized spacial score (nSPS) is 20.9. The van der Waals surface area contributed by atoms with Crippen molar-refractivity contribution in [1.82, 2.24) is 9.29 Å². The number of piperidine rings is 1. The minimum atomic E-state index is -3.51. The second-order valence-electron chi connectivity index (χ2n) is 4.91. The number of nitrogen functional groups attached to an aromatic ring is 1. The Morgan fingerprint density at radius 2 is 2.35 bits per heavy atom. The predicted octanol–water partition coefficient (Wildman–Crippen LogP) is 1.24. The van der Waals surface area contributed by atoms with Crippen molar-refractivity contribution >= 4 is 15.8 Å². The number of anilines is 1. The van der Waals surface area contributed by atoms with E-state index in [0.29, 0.717) is 19.7 Å². The van der Waals surface area contributed by atoms with Gasteiger partial charge in [0.2, 0.25) is 10.0 Å². The van der Waals surface area contributed by atoms with Crippen LogP contribution >= 0.6 is 0 Å². The molecule has 7 heteroatoms. The minimum absolute atomic E-state index is 0.0161. The molecule has 0 saturated carbocycles. The van der Waals surface area contributed by atoms with Gasteiger partial charge in [-0.2, -0.15) is 4.31 Å². The Kier molecular flexibility index (Phi) is 4.95. The Hall–Kier alpha value is -1.18. The van der Waals surface area contributed by atoms with E-state index < -0.39 is 10.0 Å². The van der Waals surface area contributed by atoms with E-state index in [-0.39, 0.29) is 16.8 Å². The predicted molar refractivity (Wildman–Crippen MR) is 76.7 cm³/mol. The van der Waals surface area contributed by atoms with Crippen molar-refractivity contribution in [2.24, 2.45) is 0 Å². The average molecular weight is 299 g/mol. The van der Waals surface area contributed by atoms with E-state index in [1.165, 1.54) is 22.6 Å². The molecule has 0 radical (unpaired) electrons. The molecule has 1 fully saturated rings. The molecule has 0 bridgehead atoms. The van der Waals surface area contributed by atoms with Crippen molar-refractivity contribution in [2.45, 2.75) is 37.2 Å². The van der Waals surface area contributed by atoms with Gasteiger partial charge in [0.15, 0.2) is 0 Å². The zero-order chi connectivity index (χ0) is 14.6. The summed E-state index contributed by atoms with van der Waals surface area (Å²) in [5, 5.41) is 0. The van der Waals surface area contributed by atoms with Crippen LogP contribution in [0.2, 0.25) is 0 Å². The maximum atomic E-state index is 12.5. The van der Waals surface area contributed by atoms with E-state index in [4.69, 9.17) is 10.5 Å². The van der Waals surface area contributed by atoms with Crippen molar-refractivity contribution in [3.63, 3.8) is 0 Å². The van der Waals surface area contributed by atoms with Gasteiger partial charge in [-0.05, 0) is 25.3 Å². The number of nitrogens with two attached hydrogens (primary N) is 1. The number of sulfonamides is 1. The summed E-state index contributed by atoms with van der Waals surface area (Å²) in [5.74, 6) is 0.210. The van der Waals surface area contributed by atoms with Gasteiger partial charge >= 0.3 is 0 Å². The topological polar surface area (TPSA) is 85.5 Å². The van der Waals surface area contributed by atoms with Gasteiger partial charge in [0.1, 0.15) is 5.82 Å². The molecule has 1 aromatic heterocycles. The molecule has 2 rings (SSSR count). The van der Waals surface area contributed by atoms with E-state index in [1.54, 1.807) is 0 Å². The number of hydrogen-bond donors (Lipinski definition) is 1. The van der Waals surface area contributed by atoms with Crippen molar-refractivity contribution in [2.75, 3.05) is 25.4 Å². The number of rotatable bonds is 5. The van der Waals surface area contributed by atoms with Gasteiger partial charge in [-0.1, -0.05) is 6.92 Å². The first-order valence-corrected chi connectivity index (χ1v) is 8.31. The van der Waals surface area contributed by atoms with Crippen LogP contribution in [0.1, 0.15) is 26.2 Å². The molecule has 2 N–H and O–H groups in total. The maximum absolute atomic E-state index is 12.5. The lowest BCUT2D eigenvalue weighted by Gasteiger charge is -2.31. The fraction of sp³-hybridized carbons (Fsp3) is 0.615. The van der Waals surface area contributed by atoms with Crippen LogP contribution in [-0.2, 0) is 14.8 Å². The molecule has 20 heavy (non-hydrogen) atoms. The molecular formula is C13H21N3O3S. The van der Waals surface area contributed by atoms with E-state index in [1.807, 2.05) is 6.92 Å². The number of nitrogens with zero attached hydrogens (tertiary/aromatic N) is 2. The number of aromatic nitrogens is 1.